The lowest BCUT2D eigenvalue weighted by atomic mass is 9.97. The van der Waals surface area contributed by atoms with Crippen molar-refractivity contribution in [1.82, 2.24) is 20.6 Å². The van der Waals surface area contributed by atoms with Crippen LogP contribution in [0.2, 0.25) is 0 Å². The van der Waals surface area contributed by atoms with Crippen LogP contribution in [-0.4, -0.2) is 59.2 Å². The zero-order chi connectivity index (χ0) is 26.2. The first-order chi connectivity index (χ1) is 17.2. The zero-order valence-corrected chi connectivity index (χ0v) is 20.9. The molecule has 2 N–H and O–H groups in total. The van der Waals surface area contributed by atoms with E-state index in [-0.39, 0.29) is 30.7 Å². The quantitative estimate of drug-likeness (QED) is 0.522. The molecule has 9 nitrogen and oxygen atoms in total. The molecule has 2 atom stereocenters. The molecule has 0 spiro atoms. The van der Waals surface area contributed by atoms with E-state index < -0.39 is 23.9 Å². The highest BCUT2D eigenvalue weighted by Gasteiger charge is 2.40. The summed E-state index contributed by atoms with van der Waals surface area (Å²) in [6, 6.07) is 16.7. The van der Waals surface area contributed by atoms with Gasteiger partial charge in [0.15, 0.2) is 0 Å². The van der Waals surface area contributed by atoms with E-state index in [1.54, 1.807) is 6.20 Å². The number of rotatable bonds is 9. The van der Waals surface area contributed by atoms with E-state index >= 15 is 0 Å². The minimum atomic E-state index is -0.918. The Morgan fingerprint density at radius 3 is 2.17 bits per heavy atom. The van der Waals surface area contributed by atoms with E-state index in [1.165, 1.54) is 23.8 Å². The Kier molecular flexibility index (Phi) is 8.97. The Balaban J connectivity index is 1.90. The molecule has 4 amide bonds. The van der Waals surface area contributed by atoms with Crippen LogP contribution in [0, 0.1) is 5.92 Å². The number of benzene rings is 2. The van der Waals surface area contributed by atoms with Gasteiger partial charge in [0, 0.05) is 19.5 Å². The average Bonchev–Trinajstić information content (AvgIpc) is 2.85. The fraction of sp³-hybridized carbons (Fsp3) is 0.333. The number of nitrogens with zero attached hydrogens (tertiary/aromatic N) is 2. The molecule has 190 valence electrons. The molecular formula is C27H32N4O5. The van der Waals surface area contributed by atoms with Crippen molar-refractivity contribution >= 4 is 29.3 Å². The average molecular weight is 493 g/mol. The van der Waals surface area contributed by atoms with Crippen molar-refractivity contribution in [2.75, 3.05) is 13.7 Å². The highest BCUT2D eigenvalue weighted by Crippen LogP contribution is 2.29. The number of nitrogens with one attached hydrogen (secondary N) is 2. The van der Waals surface area contributed by atoms with Gasteiger partial charge in [-0.1, -0.05) is 74.5 Å². The molecule has 0 aromatic heterocycles. The van der Waals surface area contributed by atoms with Gasteiger partial charge in [-0.2, -0.15) is 0 Å². The molecule has 2 aromatic carbocycles. The van der Waals surface area contributed by atoms with Crippen molar-refractivity contribution in [2.45, 2.75) is 39.3 Å². The van der Waals surface area contributed by atoms with Gasteiger partial charge in [-0.05, 0) is 17.0 Å². The summed E-state index contributed by atoms with van der Waals surface area (Å²) in [5.74, 6) is -1.84. The second-order valence-electron chi connectivity index (χ2n) is 8.90. The maximum absolute atomic E-state index is 13.6. The van der Waals surface area contributed by atoms with Crippen LogP contribution in [-0.2, 0) is 30.4 Å². The summed E-state index contributed by atoms with van der Waals surface area (Å²) >= 11 is 0. The number of hydrogen-bond acceptors (Lipinski definition) is 5. The summed E-state index contributed by atoms with van der Waals surface area (Å²) in [5.41, 5.74) is 4.24. The van der Waals surface area contributed by atoms with Gasteiger partial charge in [-0.15, -0.1) is 0 Å². The molecule has 0 saturated heterocycles. The van der Waals surface area contributed by atoms with Crippen LogP contribution >= 0.6 is 0 Å². The molecular weight excluding hydrogens is 460 g/mol. The predicted octanol–water partition coefficient (Wildman–Crippen LogP) is 2.11. The van der Waals surface area contributed by atoms with Gasteiger partial charge < -0.3 is 10.2 Å². The monoisotopic (exact) mass is 492 g/mol. The standard InChI is InChI=1S/C27H32N4O5/c1-18(2)25-27(35)31(23(16-30(25)19(3)32)21-13-9-6-10-14-21)17-24(33)28-22(26(34)29-36-4)15-20-11-7-5-8-12-20/h5-14,16,18,22,25H,15,17H2,1-4H3,(H,28,33)(H,29,34)/t22-,25?/m0/s1. The summed E-state index contributed by atoms with van der Waals surface area (Å²) in [4.78, 5) is 59.4. The van der Waals surface area contributed by atoms with Crippen molar-refractivity contribution in [3.63, 3.8) is 0 Å². The van der Waals surface area contributed by atoms with Crippen LogP contribution in [0.15, 0.2) is 66.9 Å². The fourth-order valence-electron chi connectivity index (χ4n) is 4.19. The minimum absolute atomic E-state index is 0.182. The van der Waals surface area contributed by atoms with Gasteiger partial charge >= 0.3 is 0 Å². The van der Waals surface area contributed by atoms with E-state index in [0.717, 1.165) is 5.56 Å². The highest BCUT2D eigenvalue weighted by molar-refractivity contribution is 6.00. The Morgan fingerprint density at radius 1 is 1.00 bits per heavy atom. The molecule has 9 heteroatoms. The highest BCUT2D eigenvalue weighted by atomic mass is 16.6. The Morgan fingerprint density at radius 2 is 1.61 bits per heavy atom. The normalized spacial score (nSPS) is 16.4. The number of amides is 4. The smallest absolute Gasteiger partial charge is 0.266 e. The number of hydroxylamine groups is 1. The number of carbonyl (C=O) groups is 4. The SMILES string of the molecule is CONC(=O)[C@H](Cc1ccccc1)NC(=O)CN1C(=O)C(C(C)C)N(C(C)=O)C=C1c1ccccc1. The first-order valence-electron chi connectivity index (χ1n) is 11.8. The summed E-state index contributed by atoms with van der Waals surface area (Å²) < 4.78 is 0. The van der Waals surface area contributed by atoms with Crippen molar-refractivity contribution < 1.29 is 24.0 Å². The molecule has 0 bridgehead atoms. The van der Waals surface area contributed by atoms with Crippen molar-refractivity contribution in [1.29, 1.82) is 0 Å². The van der Waals surface area contributed by atoms with Crippen LogP contribution in [0.5, 0.6) is 0 Å². The zero-order valence-electron chi connectivity index (χ0n) is 20.9. The number of carbonyl (C=O) groups excluding carboxylic acids is 4. The Bertz CT molecular complexity index is 1120. The lowest BCUT2D eigenvalue weighted by Gasteiger charge is -2.40. The molecule has 36 heavy (non-hydrogen) atoms. The molecule has 0 saturated carbocycles. The maximum atomic E-state index is 13.6. The lowest BCUT2D eigenvalue weighted by Crippen LogP contribution is -2.57. The van der Waals surface area contributed by atoms with E-state index in [4.69, 9.17) is 4.84 Å². The Hall–Kier alpha value is -3.98. The molecule has 3 rings (SSSR count). The molecule has 1 aliphatic heterocycles. The summed E-state index contributed by atoms with van der Waals surface area (Å²) in [6.07, 6.45) is 1.86. The van der Waals surface area contributed by atoms with Crippen molar-refractivity contribution in [2.24, 2.45) is 5.92 Å². The van der Waals surface area contributed by atoms with Crippen LogP contribution in [0.3, 0.4) is 0 Å². The van der Waals surface area contributed by atoms with Gasteiger partial charge in [0.1, 0.15) is 18.6 Å². The lowest BCUT2D eigenvalue weighted by molar-refractivity contribution is -0.145. The second-order valence-corrected chi connectivity index (χ2v) is 8.90. The maximum Gasteiger partial charge on any atom is 0.266 e. The van der Waals surface area contributed by atoms with Gasteiger partial charge in [-0.25, -0.2) is 5.48 Å². The van der Waals surface area contributed by atoms with E-state index in [2.05, 4.69) is 10.8 Å². The largest absolute Gasteiger partial charge is 0.342 e. The van der Waals surface area contributed by atoms with Crippen molar-refractivity contribution in [3.8, 4) is 0 Å². The fourth-order valence-corrected chi connectivity index (χ4v) is 4.19. The van der Waals surface area contributed by atoms with Gasteiger partial charge in [0.2, 0.25) is 11.8 Å². The third-order valence-electron chi connectivity index (χ3n) is 5.87. The summed E-state index contributed by atoms with van der Waals surface area (Å²) in [6.45, 7) is 4.79. The van der Waals surface area contributed by atoms with Gasteiger partial charge in [0.25, 0.3) is 11.8 Å². The molecule has 0 fully saturated rings. The van der Waals surface area contributed by atoms with E-state index in [0.29, 0.717) is 11.3 Å². The summed E-state index contributed by atoms with van der Waals surface area (Å²) in [7, 11) is 1.31. The van der Waals surface area contributed by atoms with Crippen LogP contribution < -0.4 is 10.8 Å². The van der Waals surface area contributed by atoms with Gasteiger partial charge in [-0.3, -0.25) is 28.9 Å². The van der Waals surface area contributed by atoms with Crippen molar-refractivity contribution in [3.05, 3.63) is 78.0 Å². The summed E-state index contributed by atoms with van der Waals surface area (Å²) in [5, 5.41) is 2.74. The predicted molar refractivity (Wildman–Crippen MR) is 135 cm³/mol. The van der Waals surface area contributed by atoms with E-state index in [1.807, 2.05) is 74.5 Å². The first kappa shape index (κ1) is 26.6. The third kappa shape index (κ3) is 6.37. The molecule has 2 aromatic rings. The van der Waals surface area contributed by atoms with E-state index in [9.17, 15) is 19.2 Å². The Labute approximate surface area is 211 Å². The number of hydrogen-bond donors (Lipinski definition) is 2. The third-order valence-corrected chi connectivity index (χ3v) is 5.87. The molecule has 1 aliphatic rings. The van der Waals surface area contributed by atoms with Crippen LogP contribution in [0.1, 0.15) is 31.9 Å². The van der Waals surface area contributed by atoms with Crippen LogP contribution in [0.25, 0.3) is 5.70 Å². The van der Waals surface area contributed by atoms with Gasteiger partial charge in [0.05, 0.1) is 12.8 Å². The minimum Gasteiger partial charge on any atom is -0.342 e. The first-order valence-corrected chi connectivity index (χ1v) is 11.8. The molecule has 0 aliphatic carbocycles. The van der Waals surface area contributed by atoms with Crippen LogP contribution in [0.4, 0.5) is 0 Å². The molecule has 1 heterocycles. The second kappa shape index (κ2) is 12.1. The topological polar surface area (TPSA) is 108 Å². The molecule has 0 radical (unpaired) electrons. The molecule has 1 unspecified atom stereocenters.